The molecule has 2 aromatic rings. The van der Waals surface area contributed by atoms with Gasteiger partial charge in [0.25, 0.3) is 0 Å². The van der Waals surface area contributed by atoms with Gasteiger partial charge in [-0.15, -0.1) is 0 Å². The van der Waals surface area contributed by atoms with Crippen molar-refractivity contribution in [2.45, 2.75) is 6.54 Å². The van der Waals surface area contributed by atoms with Crippen LogP contribution in [0.2, 0.25) is 0 Å². The number of benzene rings is 1. The highest BCUT2D eigenvalue weighted by Gasteiger charge is 2.09. The highest BCUT2D eigenvalue weighted by molar-refractivity contribution is 5.77. The van der Waals surface area contributed by atoms with Gasteiger partial charge in [-0.25, -0.2) is 13.8 Å². The van der Waals surface area contributed by atoms with Crippen LogP contribution in [0.4, 0.5) is 8.78 Å². The lowest BCUT2D eigenvalue weighted by molar-refractivity contribution is -0.119. The van der Waals surface area contributed by atoms with Crippen molar-refractivity contribution >= 4 is 5.91 Å². The lowest BCUT2D eigenvalue weighted by atomic mass is 10.2. The van der Waals surface area contributed by atoms with E-state index in [1.54, 1.807) is 12.1 Å². The van der Waals surface area contributed by atoms with Crippen molar-refractivity contribution in [3.63, 3.8) is 0 Å². The minimum Gasteiger partial charge on any atom is -0.439 e. The van der Waals surface area contributed by atoms with Gasteiger partial charge < -0.3 is 15.8 Å². The largest absolute Gasteiger partial charge is 0.439 e. The number of carbonyl (C=O) groups excluding carboxylic acids is 1. The van der Waals surface area contributed by atoms with Crippen molar-refractivity contribution in [3.05, 3.63) is 53.7 Å². The van der Waals surface area contributed by atoms with Gasteiger partial charge in [0.1, 0.15) is 5.75 Å². The molecular formula is C14H13F2N3O2. The van der Waals surface area contributed by atoms with Gasteiger partial charge in [0.2, 0.25) is 11.8 Å². The zero-order valence-electron chi connectivity index (χ0n) is 11.0. The first-order valence-electron chi connectivity index (χ1n) is 6.13. The van der Waals surface area contributed by atoms with Crippen molar-refractivity contribution in [1.29, 1.82) is 0 Å². The summed E-state index contributed by atoms with van der Waals surface area (Å²) in [5.41, 5.74) is 5.78. The summed E-state index contributed by atoms with van der Waals surface area (Å²) in [4.78, 5) is 15.2. The molecule has 0 atom stereocenters. The van der Waals surface area contributed by atoms with Crippen molar-refractivity contribution in [3.8, 4) is 11.6 Å². The zero-order valence-corrected chi connectivity index (χ0v) is 11.0. The number of pyridine rings is 1. The Labute approximate surface area is 119 Å². The standard InChI is InChI=1S/C14H13F2N3O2/c15-11-4-3-10(6-12(11)16)21-14-9(2-1-5-18-14)8-19-13(20)7-17/h1-6H,7-8,17H2,(H,19,20). The number of nitrogens with two attached hydrogens (primary N) is 1. The van der Waals surface area contributed by atoms with Gasteiger partial charge in [-0.3, -0.25) is 4.79 Å². The number of nitrogens with one attached hydrogen (secondary N) is 1. The number of aromatic nitrogens is 1. The first kappa shape index (κ1) is 14.9. The van der Waals surface area contributed by atoms with Crippen molar-refractivity contribution in [1.82, 2.24) is 10.3 Å². The van der Waals surface area contributed by atoms with Gasteiger partial charge in [0.05, 0.1) is 6.54 Å². The fourth-order valence-electron chi connectivity index (χ4n) is 1.57. The third-order valence-corrected chi connectivity index (χ3v) is 2.62. The van der Waals surface area contributed by atoms with Crippen molar-refractivity contribution in [2.24, 2.45) is 5.73 Å². The molecule has 0 aliphatic carbocycles. The average molecular weight is 293 g/mol. The zero-order chi connectivity index (χ0) is 15.2. The predicted molar refractivity (Wildman–Crippen MR) is 71.6 cm³/mol. The number of halogens is 2. The Morgan fingerprint density at radius 3 is 2.81 bits per heavy atom. The molecule has 0 aliphatic rings. The predicted octanol–water partition coefficient (Wildman–Crippen LogP) is 1.73. The number of amides is 1. The van der Waals surface area contributed by atoms with Crippen LogP contribution < -0.4 is 15.8 Å². The summed E-state index contributed by atoms with van der Waals surface area (Å²) in [6, 6.07) is 6.53. The summed E-state index contributed by atoms with van der Waals surface area (Å²) in [7, 11) is 0. The fourth-order valence-corrected chi connectivity index (χ4v) is 1.57. The molecule has 0 bridgehead atoms. The third-order valence-electron chi connectivity index (χ3n) is 2.62. The Kier molecular flexibility index (Phi) is 4.78. The molecule has 1 heterocycles. The maximum Gasteiger partial charge on any atom is 0.234 e. The van der Waals surface area contributed by atoms with Crippen molar-refractivity contribution < 1.29 is 18.3 Å². The van der Waals surface area contributed by atoms with E-state index < -0.39 is 11.6 Å². The van der Waals surface area contributed by atoms with Crippen molar-refractivity contribution in [2.75, 3.05) is 6.54 Å². The van der Waals surface area contributed by atoms with Gasteiger partial charge in [0, 0.05) is 24.4 Å². The Bertz CT molecular complexity index is 650. The van der Waals surface area contributed by atoms with Gasteiger partial charge >= 0.3 is 0 Å². The smallest absolute Gasteiger partial charge is 0.234 e. The molecule has 0 radical (unpaired) electrons. The molecule has 7 heteroatoms. The molecule has 5 nitrogen and oxygen atoms in total. The molecule has 0 saturated heterocycles. The van der Waals surface area contributed by atoms with E-state index in [2.05, 4.69) is 10.3 Å². The molecule has 21 heavy (non-hydrogen) atoms. The summed E-state index contributed by atoms with van der Waals surface area (Å²) in [6.45, 7) is 0.0442. The number of hydrogen-bond acceptors (Lipinski definition) is 4. The van der Waals surface area contributed by atoms with Crippen LogP contribution in [0.5, 0.6) is 11.6 Å². The monoisotopic (exact) mass is 293 g/mol. The van der Waals surface area contributed by atoms with Gasteiger partial charge in [-0.2, -0.15) is 0 Å². The van der Waals surface area contributed by atoms with Gasteiger partial charge in [-0.1, -0.05) is 6.07 Å². The first-order chi connectivity index (χ1) is 10.1. The number of hydrogen-bond donors (Lipinski definition) is 2. The van der Waals surface area contributed by atoms with E-state index in [0.29, 0.717) is 5.56 Å². The van der Waals surface area contributed by atoms with Crippen LogP contribution in [0.1, 0.15) is 5.56 Å². The van der Waals surface area contributed by atoms with Gasteiger partial charge in [-0.05, 0) is 18.2 Å². The number of ether oxygens (including phenoxy) is 1. The van der Waals surface area contributed by atoms with Crippen LogP contribution >= 0.6 is 0 Å². The normalized spacial score (nSPS) is 10.2. The first-order valence-corrected chi connectivity index (χ1v) is 6.13. The molecule has 3 N–H and O–H groups in total. The quantitative estimate of drug-likeness (QED) is 0.880. The average Bonchev–Trinajstić information content (AvgIpc) is 2.49. The van der Waals surface area contributed by atoms with E-state index in [1.165, 1.54) is 12.3 Å². The van der Waals surface area contributed by atoms with E-state index in [9.17, 15) is 13.6 Å². The molecule has 0 aliphatic heterocycles. The highest BCUT2D eigenvalue weighted by Crippen LogP contribution is 2.24. The van der Waals surface area contributed by atoms with E-state index in [4.69, 9.17) is 10.5 Å². The van der Waals surface area contributed by atoms with Crippen LogP contribution in [0.3, 0.4) is 0 Å². The molecule has 1 amide bonds. The summed E-state index contributed by atoms with van der Waals surface area (Å²) in [5.74, 6) is -1.99. The van der Waals surface area contributed by atoms with E-state index in [0.717, 1.165) is 12.1 Å². The molecule has 1 aromatic heterocycles. The second-order valence-electron chi connectivity index (χ2n) is 4.13. The number of nitrogens with zero attached hydrogens (tertiary/aromatic N) is 1. The second-order valence-corrected chi connectivity index (χ2v) is 4.13. The molecule has 0 spiro atoms. The molecule has 110 valence electrons. The van der Waals surface area contributed by atoms with Crippen LogP contribution in [-0.2, 0) is 11.3 Å². The van der Waals surface area contributed by atoms with Crippen LogP contribution in [0.15, 0.2) is 36.5 Å². The molecule has 0 fully saturated rings. The lowest BCUT2D eigenvalue weighted by Crippen LogP contribution is -2.29. The maximum atomic E-state index is 13.1. The summed E-state index contributed by atoms with van der Waals surface area (Å²) in [6.07, 6.45) is 1.49. The Morgan fingerprint density at radius 1 is 1.29 bits per heavy atom. The van der Waals surface area contributed by atoms with E-state index in [-0.39, 0.29) is 30.6 Å². The van der Waals surface area contributed by atoms with Crippen LogP contribution in [0, 0.1) is 11.6 Å². The Morgan fingerprint density at radius 2 is 2.10 bits per heavy atom. The minimum absolute atomic E-state index is 0.110. The summed E-state index contributed by atoms with van der Waals surface area (Å²) < 4.78 is 31.4. The van der Waals surface area contributed by atoms with E-state index in [1.807, 2.05) is 0 Å². The molecule has 0 unspecified atom stereocenters. The molecule has 2 rings (SSSR count). The highest BCUT2D eigenvalue weighted by atomic mass is 19.2. The van der Waals surface area contributed by atoms with Gasteiger partial charge in [0.15, 0.2) is 11.6 Å². The molecule has 1 aromatic carbocycles. The SMILES string of the molecule is NCC(=O)NCc1cccnc1Oc1ccc(F)c(F)c1. The molecular weight excluding hydrogens is 280 g/mol. The third kappa shape index (κ3) is 3.96. The topological polar surface area (TPSA) is 77.2 Å². The van der Waals surface area contributed by atoms with E-state index >= 15 is 0 Å². The minimum atomic E-state index is -1.01. The maximum absolute atomic E-state index is 13.1. The van der Waals surface area contributed by atoms with Crippen LogP contribution in [0.25, 0.3) is 0 Å². The Balaban J connectivity index is 2.15. The number of carbonyl (C=O) groups is 1. The fraction of sp³-hybridized carbons (Fsp3) is 0.143. The summed E-state index contributed by atoms with van der Waals surface area (Å²) in [5, 5.41) is 2.58. The van der Waals surface area contributed by atoms with Crippen LogP contribution in [-0.4, -0.2) is 17.4 Å². The second kappa shape index (κ2) is 6.76. The number of rotatable bonds is 5. The Hall–Kier alpha value is -2.54. The summed E-state index contributed by atoms with van der Waals surface area (Å²) >= 11 is 0. The molecule has 0 saturated carbocycles. The lowest BCUT2D eigenvalue weighted by Gasteiger charge is -2.10.